The van der Waals surface area contributed by atoms with Crippen LogP contribution in [0.5, 0.6) is 5.75 Å². The van der Waals surface area contributed by atoms with Crippen molar-refractivity contribution >= 4 is 5.69 Å². The van der Waals surface area contributed by atoms with Gasteiger partial charge >= 0.3 is 6.18 Å². The molecule has 2 aromatic carbocycles. The van der Waals surface area contributed by atoms with Gasteiger partial charge in [-0.05, 0) is 35.7 Å². The van der Waals surface area contributed by atoms with Crippen molar-refractivity contribution in [2.75, 3.05) is 11.4 Å². The molecule has 0 radical (unpaired) electrons. The van der Waals surface area contributed by atoms with Crippen molar-refractivity contribution < 1.29 is 22.3 Å². The summed E-state index contributed by atoms with van der Waals surface area (Å²) in [6, 6.07) is 14.1. The highest BCUT2D eigenvalue weighted by Crippen LogP contribution is 2.30. The Hall–Kier alpha value is -3.22. The molecule has 1 aliphatic heterocycles. The molecule has 1 aromatic heterocycles. The number of rotatable bonds is 5. The third-order valence-corrected chi connectivity index (χ3v) is 4.86. The summed E-state index contributed by atoms with van der Waals surface area (Å²) >= 11 is 0. The summed E-state index contributed by atoms with van der Waals surface area (Å²) in [5, 5.41) is 0. The summed E-state index contributed by atoms with van der Waals surface area (Å²) in [7, 11) is 0. The third-order valence-electron chi connectivity index (χ3n) is 4.86. The number of alkyl halides is 3. The van der Waals surface area contributed by atoms with E-state index in [1.807, 2.05) is 18.2 Å². The summed E-state index contributed by atoms with van der Waals surface area (Å²) < 4.78 is 48.8. The first-order chi connectivity index (χ1) is 13.9. The highest BCUT2D eigenvalue weighted by molar-refractivity contribution is 5.57. The molecule has 2 heterocycles. The average molecular weight is 401 g/mol. The topological polar surface area (TPSA) is 42.7 Å². The molecule has 0 aliphatic carbocycles. The van der Waals surface area contributed by atoms with Gasteiger partial charge in [-0.15, -0.1) is 0 Å². The first kappa shape index (κ1) is 19.1. The second kappa shape index (κ2) is 7.66. The van der Waals surface area contributed by atoms with Crippen molar-refractivity contribution in [3.63, 3.8) is 0 Å². The van der Waals surface area contributed by atoms with Gasteiger partial charge in [0, 0.05) is 18.3 Å². The Morgan fingerprint density at radius 3 is 2.55 bits per heavy atom. The zero-order valence-corrected chi connectivity index (χ0v) is 15.4. The van der Waals surface area contributed by atoms with E-state index in [2.05, 4.69) is 11.0 Å². The zero-order chi connectivity index (χ0) is 20.4. The lowest BCUT2D eigenvalue weighted by Gasteiger charge is -2.18. The fourth-order valence-corrected chi connectivity index (χ4v) is 3.34. The first-order valence-electron chi connectivity index (χ1n) is 9.14. The van der Waals surface area contributed by atoms with Crippen molar-refractivity contribution in [3.8, 4) is 5.75 Å². The predicted octanol–water partition coefficient (Wildman–Crippen LogP) is 4.80. The van der Waals surface area contributed by atoms with Crippen molar-refractivity contribution in [1.29, 1.82) is 0 Å². The maximum Gasteiger partial charge on any atom is 0.416 e. The van der Waals surface area contributed by atoms with Gasteiger partial charge in [-0.25, -0.2) is 0 Å². The van der Waals surface area contributed by atoms with E-state index in [-0.39, 0.29) is 17.8 Å². The second-order valence-electron chi connectivity index (χ2n) is 6.86. The Morgan fingerprint density at radius 2 is 1.83 bits per heavy atom. The van der Waals surface area contributed by atoms with Gasteiger partial charge in [-0.1, -0.05) is 30.3 Å². The smallest absolute Gasteiger partial charge is 0.416 e. The molecule has 0 spiro atoms. The Morgan fingerprint density at radius 1 is 1.07 bits per heavy atom. The van der Waals surface area contributed by atoms with Gasteiger partial charge in [0.15, 0.2) is 0 Å². The largest absolute Gasteiger partial charge is 0.482 e. The molecular formula is C22H18F3NO3. The quantitative estimate of drug-likeness (QED) is 0.616. The van der Waals surface area contributed by atoms with E-state index in [4.69, 9.17) is 9.15 Å². The number of hydrogen-bond acceptors (Lipinski definition) is 4. The number of ether oxygens (including phenoxy) is 1. The summed E-state index contributed by atoms with van der Waals surface area (Å²) in [5.41, 5.74) is 1.87. The minimum absolute atomic E-state index is 0.0236. The number of para-hydroxylation sites is 1. The van der Waals surface area contributed by atoms with E-state index in [1.54, 1.807) is 0 Å². The molecule has 3 aromatic rings. The number of nitrogens with zero attached hydrogens (tertiary/aromatic N) is 1. The van der Waals surface area contributed by atoms with Gasteiger partial charge in [0.25, 0.3) is 0 Å². The molecule has 1 aliphatic rings. The molecule has 4 rings (SSSR count). The monoisotopic (exact) mass is 401 g/mol. The number of anilines is 1. The molecule has 150 valence electrons. The summed E-state index contributed by atoms with van der Waals surface area (Å²) in [4.78, 5) is 14.5. The maximum atomic E-state index is 12.6. The van der Waals surface area contributed by atoms with Gasteiger partial charge in [-0.2, -0.15) is 13.2 Å². The molecule has 0 unspecified atom stereocenters. The molecule has 29 heavy (non-hydrogen) atoms. The Balaban J connectivity index is 1.40. The van der Waals surface area contributed by atoms with E-state index in [0.717, 1.165) is 30.8 Å². The van der Waals surface area contributed by atoms with Crippen molar-refractivity contribution in [3.05, 3.63) is 93.5 Å². The zero-order valence-electron chi connectivity index (χ0n) is 15.4. The Kier molecular flexibility index (Phi) is 5.05. The summed E-state index contributed by atoms with van der Waals surface area (Å²) in [6.07, 6.45) is -2.18. The molecule has 0 N–H and O–H groups in total. The van der Waals surface area contributed by atoms with Crippen LogP contribution in [-0.4, -0.2) is 6.54 Å². The third kappa shape index (κ3) is 4.29. The van der Waals surface area contributed by atoms with Gasteiger partial charge in [0.2, 0.25) is 11.2 Å². The normalized spacial score (nSPS) is 13.4. The van der Waals surface area contributed by atoms with Crippen molar-refractivity contribution in [2.24, 2.45) is 0 Å². The molecule has 0 saturated heterocycles. The molecule has 7 heteroatoms. The van der Waals surface area contributed by atoms with Crippen LogP contribution in [-0.2, 0) is 25.7 Å². The van der Waals surface area contributed by atoms with Gasteiger partial charge in [0.05, 0.1) is 12.1 Å². The number of halogens is 3. The van der Waals surface area contributed by atoms with Crippen LogP contribution in [0.2, 0.25) is 0 Å². The molecule has 4 nitrogen and oxygen atoms in total. The maximum absolute atomic E-state index is 12.6. The molecule has 0 fully saturated rings. The lowest BCUT2D eigenvalue weighted by molar-refractivity contribution is -0.137. The standard InChI is InChI=1S/C22H18F3NO3/c23-22(24,25)17-7-5-15(6-8-17)13-29-21-14-28-18(11-20(21)27)12-26-10-9-16-3-1-2-4-19(16)26/h1-8,11,14H,9-10,12-13H2. The molecule has 0 bridgehead atoms. The SMILES string of the molecule is O=c1cc(CN2CCc3ccccc32)occ1OCc1ccc(C(F)(F)F)cc1. The van der Waals surface area contributed by atoms with Gasteiger partial charge in [0.1, 0.15) is 18.6 Å². The summed E-state index contributed by atoms with van der Waals surface area (Å²) in [6.45, 7) is 1.31. The van der Waals surface area contributed by atoms with E-state index < -0.39 is 11.7 Å². The average Bonchev–Trinajstić information content (AvgIpc) is 3.10. The molecular weight excluding hydrogens is 383 g/mol. The van der Waals surface area contributed by atoms with Crippen LogP contribution in [0.25, 0.3) is 0 Å². The fraction of sp³-hybridized carbons (Fsp3) is 0.227. The van der Waals surface area contributed by atoms with E-state index >= 15 is 0 Å². The van der Waals surface area contributed by atoms with Crippen LogP contribution in [0.4, 0.5) is 18.9 Å². The molecule has 0 amide bonds. The second-order valence-corrected chi connectivity index (χ2v) is 6.86. The number of benzene rings is 2. The minimum Gasteiger partial charge on any atom is -0.482 e. The minimum atomic E-state index is -4.38. The van der Waals surface area contributed by atoms with E-state index in [9.17, 15) is 18.0 Å². The van der Waals surface area contributed by atoms with Gasteiger partial charge < -0.3 is 14.1 Å². The molecule has 0 atom stereocenters. The van der Waals surface area contributed by atoms with Gasteiger partial charge in [-0.3, -0.25) is 4.79 Å². The lowest BCUT2D eigenvalue weighted by Crippen LogP contribution is -2.20. The van der Waals surface area contributed by atoms with Crippen LogP contribution in [0.3, 0.4) is 0 Å². The Bertz CT molecular complexity index is 1060. The highest BCUT2D eigenvalue weighted by Gasteiger charge is 2.29. The van der Waals surface area contributed by atoms with Crippen LogP contribution < -0.4 is 15.1 Å². The van der Waals surface area contributed by atoms with Crippen molar-refractivity contribution in [1.82, 2.24) is 0 Å². The van der Waals surface area contributed by atoms with Crippen LogP contribution in [0.1, 0.15) is 22.5 Å². The lowest BCUT2D eigenvalue weighted by atomic mass is 10.1. The fourth-order valence-electron chi connectivity index (χ4n) is 3.34. The van der Waals surface area contributed by atoms with E-state index in [1.165, 1.54) is 30.0 Å². The van der Waals surface area contributed by atoms with Crippen molar-refractivity contribution in [2.45, 2.75) is 25.7 Å². The molecule has 0 saturated carbocycles. The summed E-state index contributed by atoms with van der Waals surface area (Å²) in [5.74, 6) is 0.545. The number of fused-ring (bicyclic) bond motifs is 1. The highest BCUT2D eigenvalue weighted by atomic mass is 19.4. The van der Waals surface area contributed by atoms with E-state index in [0.29, 0.717) is 17.9 Å². The predicted molar refractivity (Wildman–Crippen MR) is 102 cm³/mol. The number of hydrogen-bond donors (Lipinski definition) is 0. The first-order valence-corrected chi connectivity index (χ1v) is 9.14. The Labute approximate surface area is 165 Å². The van der Waals surface area contributed by atoms with Crippen LogP contribution in [0.15, 0.2) is 70.1 Å². The van der Waals surface area contributed by atoms with Crippen LogP contribution >= 0.6 is 0 Å². The van der Waals surface area contributed by atoms with Crippen LogP contribution in [0, 0.1) is 0 Å².